The summed E-state index contributed by atoms with van der Waals surface area (Å²) < 4.78 is 11.2. The van der Waals surface area contributed by atoms with Gasteiger partial charge in [-0.2, -0.15) is 4.98 Å². The van der Waals surface area contributed by atoms with Crippen LogP contribution in [0, 0.1) is 10.1 Å². The first-order valence-electron chi connectivity index (χ1n) is 9.49. The van der Waals surface area contributed by atoms with E-state index < -0.39 is 10.5 Å². The van der Waals surface area contributed by atoms with Gasteiger partial charge in [-0.05, 0) is 46.1 Å². The minimum Gasteiger partial charge on any atom is -0.465 e. The molecule has 2 heterocycles. The molecule has 1 saturated heterocycles. The summed E-state index contributed by atoms with van der Waals surface area (Å²) in [6, 6.07) is 4.81. The molecule has 0 spiro atoms. The van der Waals surface area contributed by atoms with E-state index in [0.717, 1.165) is 19.3 Å². The lowest BCUT2D eigenvalue weighted by Gasteiger charge is -2.36. The number of imidazole rings is 1. The van der Waals surface area contributed by atoms with Gasteiger partial charge in [-0.1, -0.05) is 0 Å². The third-order valence-electron chi connectivity index (χ3n) is 4.60. The molecule has 1 aromatic carbocycles. The third kappa shape index (κ3) is 4.90. The number of aromatic amines is 1. The van der Waals surface area contributed by atoms with E-state index in [2.05, 4.69) is 9.97 Å². The second-order valence-corrected chi connectivity index (χ2v) is 7.96. The highest BCUT2D eigenvalue weighted by molar-refractivity contribution is 5.78. The molecule has 1 aliphatic rings. The van der Waals surface area contributed by atoms with Crippen molar-refractivity contribution in [3.8, 4) is 6.01 Å². The van der Waals surface area contributed by atoms with Crippen LogP contribution in [0.1, 0.15) is 46.5 Å². The van der Waals surface area contributed by atoms with E-state index in [9.17, 15) is 14.9 Å². The number of fused-ring (bicyclic) bond motifs is 1. The number of nitrogens with one attached hydrogen (secondary N) is 1. The first-order chi connectivity index (χ1) is 13.2. The monoisotopic (exact) mass is 390 g/mol. The number of benzene rings is 1. The van der Waals surface area contributed by atoms with Gasteiger partial charge in [-0.15, -0.1) is 0 Å². The molecule has 9 nitrogen and oxygen atoms in total. The summed E-state index contributed by atoms with van der Waals surface area (Å²) in [7, 11) is 0. The van der Waals surface area contributed by atoms with Crippen LogP contribution in [-0.4, -0.2) is 50.7 Å². The van der Waals surface area contributed by atoms with E-state index in [0.29, 0.717) is 36.6 Å². The number of carbonyl (C=O) groups excluding carboxylic acids is 1. The van der Waals surface area contributed by atoms with Crippen LogP contribution in [0.3, 0.4) is 0 Å². The van der Waals surface area contributed by atoms with Crippen LogP contribution in [0.25, 0.3) is 11.0 Å². The zero-order valence-corrected chi connectivity index (χ0v) is 16.4. The summed E-state index contributed by atoms with van der Waals surface area (Å²) in [6.07, 6.45) is 3.33. The Balaban J connectivity index is 1.59. The highest BCUT2D eigenvalue weighted by Gasteiger charge is 2.30. The molecule has 0 aliphatic carbocycles. The number of rotatable bonds is 5. The van der Waals surface area contributed by atoms with Crippen LogP contribution in [0.2, 0.25) is 0 Å². The fraction of sp³-hybridized carbons (Fsp3) is 0.579. The average molecular weight is 390 g/mol. The molecule has 0 saturated carbocycles. The summed E-state index contributed by atoms with van der Waals surface area (Å²) in [5.74, 6) is 0. The minimum atomic E-state index is -0.521. The molecular weight excluding hydrogens is 364 g/mol. The number of nitro benzene ring substituents is 1. The lowest BCUT2D eigenvalue weighted by Crippen LogP contribution is -2.46. The maximum Gasteiger partial charge on any atom is 0.410 e. The van der Waals surface area contributed by atoms with Crippen LogP contribution in [0.15, 0.2) is 18.2 Å². The largest absolute Gasteiger partial charge is 0.465 e. The second-order valence-electron chi connectivity index (χ2n) is 7.96. The number of amides is 1. The van der Waals surface area contributed by atoms with Gasteiger partial charge < -0.3 is 19.4 Å². The smallest absolute Gasteiger partial charge is 0.410 e. The maximum atomic E-state index is 12.5. The molecule has 9 heteroatoms. The second kappa shape index (κ2) is 8.04. The summed E-state index contributed by atoms with van der Waals surface area (Å²) in [4.78, 5) is 31.9. The predicted molar refractivity (Wildman–Crippen MR) is 103 cm³/mol. The maximum absolute atomic E-state index is 12.5. The van der Waals surface area contributed by atoms with Gasteiger partial charge in [0.25, 0.3) is 11.7 Å². The standard InChI is InChI=1S/C19H26N4O5/c1-19(2,3)28-18(24)22-10-5-4-6-13(22)9-11-27-17-20-15-8-7-14(23(25)26)12-16(15)21-17/h7-8,12-13H,4-6,9-11H2,1-3H3,(H,20,21). The van der Waals surface area contributed by atoms with Crippen LogP contribution in [-0.2, 0) is 4.74 Å². The van der Waals surface area contributed by atoms with Gasteiger partial charge in [-0.3, -0.25) is 10.1 Å². The van der Waals surface area contributed by atoms with Gasteiger partial charge in [0.1, 0.15) is 5.60 Å². The van der Waals surface area contributed by atoms with Crippen LogP contribution >= 0.6 is 0 Å². The first-order valence-corrected chi connectivity index (χ1v) is 9.49. The van der Waals surface area contributed by atoms with E-state index in [1.54, 1.807) is 11.0 Å². The van der Waals surface area contributed by atoms with Crippen molar-refractivity contribution in [2.24, 2.45) is 0 Å². The SMILES string of the molecule is CC(C)(C)OC(=O)N1CCCCC1CCOc1nc2ccc([N+](=O)[O-])cc2[nH]1. The van der Waals surface area contributed by atoms with Gasteiger partial charge in [0.15, 0.2) is 0 Å². The number of nitrogens with zero attached hydrogens (tertiary/aromatic N) is 3. The first kappa shape index (κ1) is 19.9. The topological polar surface area (TPSA) is 111 Å². The highest BCUT2D eigenvalue weighted by Crippen LogP contribution is 2.24. The quantitative estimate of drug-likeness (QED) is 0.609. The Bertz CT molecular complexity index is 858. The molecule has 0 bridgehead atoms. The molecular formula is C19H26N4O5. The molecule has 1 atom stereocenters. The molecule has 1 unspecified atom stereocenters. The lowest BCUT2D eigenvalue weighted by atomic mass is 10.0. The van der Waals surface area contributed by atoms with Crippen LogP contribution < -0.4 is 4.74 Å². The Morgan fingerprint density at radius 3 is 2.89 bits per heavy atom. The van der Waals surface area contributed by atoms with Crippen molar-refractivity contribution in [1.29, 1.82) is 0 Å². The average Bonchev–Trinajstić information content (AvgIpc) is 3.02. The number of H-pyrrole nitrogens is 1. The van der Waals surface area contributed by atoms with E-state index in [1.165, 1.54) is 12.1 Å². The summed E-state index contributed by atoms with van der Waals surface area (Å²) in [5, 5.41) is 10.9. The number of carbonyl (C=O) groups is 1. The number of aromatic nitrogens is 2. The molecule has 1 fully saturated rings. The van der Waals surface area contributed by atoms with Gasteiger partial charge >= 0.3 is 6.09 Å². The molecule has 1 amide bonds. The highest BCUT2D eigenvalue weighted by atomic mass is 16.6. The number of ether oxygens (including phenoxy) is 2. The normalized spacial score (nSPS) is 17.5. The molecule has 0 radical (unpaired) electrons. The number of hydrogen-bond donors (Lipinski definition) is 1. The number of hydrogen-bond acceptors (Lipinski definition) is 6. The van der Waals surface area contributed by atoms with Gasteiger partial charge in [0, 0.05) is 31.1 Å². The number of piperidine rings is 1. The van der Waals surface area contributed by atoms with Gasteiger partial charge in [0.05, 0.1) is 22.6 Å². The summed E-state index contributed by atoms with van der Waals surface area (Å²) in [6.45, 7) is 6.65. The van der Waals surface area contributed by atoms with Crippen molar-refractivity contribution < 1.29 is 19.2 Å². The van der Waals surface area contributed by atoms with Crippen molar-refractivity contribution in [3.05, 3.63) is 28.3 Å². The number of likely N-dealkylation sites (tertiary alicyclic amines) is 1. The number of non-ortho nitro benzene ring substituents is 1. The Labute approximate surface area is 163 Å². The van der Waals surface area contributed by atoms with Crippen molar-refractivity contribution in [1.82, 2.24) is 14.9 Å². The fourth-order valence-corrected chi connectivity index (χ4v) is 3.31. The van der Waals surface area contributed by atoms with Crippen molar-refractivity contribution in [3.63, 3.8) is 0 Å². The van der Waals surface area contributed by atoms with E-state index in [1.807, 2.05) is 20.8 Å². The van der Waals surface area contributed by atoms with Crippen LogP contribution in [0.5, 0.6) is 6.01 Å². The van der Waals surface area contributed by atoms with E-state index in [-0.39, 0.29) is 17.8 Å². The molecule has 2 aromatic rings. The summed E-state index contributed by atoms with van der Waals surface area (Å²) in [5.41, 5.74) is 0.635. The van der Waals surface area contributed by atoms with E-state index in [4.69, 9.17) is 9.47 Å². The van der Waals surface area contributed by atoms with E-state index >= 15 is 0 Å². The Morgan fingerprint density at radius 1 is 1.39 bits per heavy atom. The molecule has 28 heavy (non-hydrogen) atoms. The van der Waals surface area contributed by atoms with Gasteiger partial charge in [-0.25, -0.2) is 4.79 Å². The zero-order chi connectivity index (χ0) is 20.3. The summed E-state index contributed by atoms with van der Waals surface area (Å²) >= 11 is 0. The van der Waals surface area contributed by atoms with Crippen LogP contribution in [0.4, 0.5) is 10.5 Å². The lowest BCUT2D eigenvalue weighted by molar-refractivity contribution is -0.384. The van der Waals surface area contributed by atoms with Crippen molar-refractivity contribution in [2.45, 2.75) is 58.1 Å². The van der Waals surface area contributed by atoms with Crippen molar-refractivity contribution in [2.75, 3.05) is 13.2 Å². The minimum absolute atomic E-state index is 0.00194. The predicted octanol–water partition coefficient (Wildman–Crippen LogP) is 4.03. The Hall–Kier alpha value is -2.84. The molecule has 1 aromatic heterocycles. The Kier molecular flexibility index (Phi) is 5.71. The zero-order valence-electron chi connectivity index (χ0n) is 16.4. The number of nitro groups is 1. The third-order valence-corrected chi connectivity index (χ3v) is 4.60. The fourth-order valence-electron chi connectivity index (χ4n) is 3.31. The molecule has 3 rings (SSSR count). The molecule has 1 aliphatic heterocycles. The molecule has 1 N–H and O–H groups in total. The van der Waals surface area contributed by atoms with Gasteiger partial charge in [0.2, 0.25) is 0 Å². The molecule has 152 valence electrons. The van der Waals surface area contributed by atoms with Crippen molar-refractivity contribution >= 4 is 22.8 Å². The Morgan fingerprint density at radius 2 is 2.18 bits per heavy atom.